The molecule has 0 saturated heterocycles. The van der Waals surface area contributed by atoms with Crippen molar-refractivity contribution in [3.63, 3.8) is 0 Å². The summed E-state index contributed by atoms with van der Waals surface area (Å²) >= 11 is 1.80. The Morgan fingerprint density at radius 1 is 1.44 bits per heavy atom. The summed E-state index contributed by atoms with van der Waals surface area (Å²) in [6.07, 6.45) is 1.07. The van der Waals surface area contributed by atoms with Crippen molar-refractivity contribution in [1.29, 1.82) is 0 Å². The van der Waals surface area contributed by atoms with Gasteiger partial charge in [0.2, 0.25) is 0 Å². The molecule has 2 rings (SSSR count). The first kappa shape index (κ1) is 12.0. The Kier molecular flexibility index (Phi) is 3.07. The molecule has 0 aromatic carbocycles. The van der Waals surface area contributed by atoms with Crippen LogP contribution in [0, 0.1) is 5.41 Å². The van der Waals surface area contributed by atoms with Gasteiger partial charge in [-0.3, -0.25) is 0 Å². The smallest absolute Gasteiger partial charge is 0.110 e. The molecule has 1 aromatic heterocycles. The van der Waals surface area contributed by atoms with Crippen LogP contribution in [0.1, 0.15) is 42.4 Å². The first-order chi connectivity index (χ1) is 7.38. The molecule has 1 aromatic rings. The topological polar surface area (TPSA) is 42.2 Å². The summed E-state index contributed by atoms with van der Waals surface area (Å²) in [5, 5.41) is 1.10. The van der Waals surface area contributed by atoms with Crippen molar-refractivity contribution in [2.24, 2.45) is 11.1 Å². The molecule has 0 radical (unpaired) electrons. The van der Waals surface area contributed by atoms with E-state index in [1.807, 2.05) is 0 Å². The van der Waals surface area contributed by atoms with Gasteiger partial charge in [-0.25, -0.2) is 4.98 Å². The Labute approximate surface area is 102 Å². The minimum Gasteiger partial charge on any atom is -0.322 e. The zero-order valence-electron chi connectivity index (χ0n) is 10.6. The van der Waals surface area contributed by atoms with Gasteiger partial charge in [-0.1, -0.05) is 20.8 Å². The highest BCUT2D eigenvalue weighted by atomic mass is 32.1. The van der Waals surface area contributed by atoms with Crippen LogP contribution in [0.5, 0.6) is 0 Å². The molecular formula is C12H21N3S. The largest absolute Gasteiger partial charge is 0.322 e. The Morgan fingerprint density at radius 3 is 2.75 bits per heavy atom. The number of fused-ring (bicyclic) bond motifs is 1. The number of thiazole rings is 1. The van der Waals surface area contributed by atoms with Gasteiger partial charge in [-0.2, -0.15) is 0 Å². The summed E-state index contributed by atoms with van der Waals surface area (Å²) in [5.74, 6) is 0. The summed E-state index contributed by atoms with van der Waals surface area (Å²) < 4.78 is 0. The Hall–Kier alpha value is -0.450. The molecule has 90 valence electrons. The third kappa shape index (κ3) is 2.29. The van der Waals surface area contributed by atoms with Gasteiger partial charge in [0, 0.05) is 24.4 Å². The number of hydrogen-bond donors (Lipinski definition) is 1. The molecule has 0 spiro atoms. The molecule has 0 amide bonds. The summed E-state index contributed by atoms with van der Waals surface area (Å²) in [7, 11) is 2.16. The van der Waals surface area contributed by atoms with Crippen molar-refractivity contribution in [2.75, 3.05) is 13.6 Å². The molecular weight excluding hydrogens is 218 g/mol. The maximum atomic E-state index is 6.25. The van der Waals surface area contributed by atoms with Crippen LogP contribution >= 0.6 is 11.3 Å². The van der Waals surface area contributed by atoms with Gasteiger partial charge in [-0.05, 0) is 12.5 Å². The van der Waals surface area contributed by atoms with Crippen molar-refractivity contribution in [2.45, 2.75) is 39.8 Å². The van der Waals surface area contributed by atoms with Crippen LogP contribution < -0.4 is 5.73 Å². The van der Waals surface area contributed by atoms with E-state index in [0.29, 0.717) is 0 Å². The van der Waals surface area contributed by atoms with Gasteiger partial charge in [-0.15, -0.1) is 11.3 Å². The number of hydrogen-bond acceptors (Lipinski definition) is 4. The number of nitrogens with zero attached hydrogens (tertiary/aromatic N) is 2. The van der Waals surface area contributed by atoms with Gasteiger partial charge in [0.1, 0.15) is 5.01 Å². The fourth-order valence-electron chi connectivity index (χ4n) is 1.85. The number of rotatable bonds is 1. The molecule has 0 bridgehead atoms. The monoisotopic (exact) mass is 239 g/mol. The summed E-state index contributed by atoms with van der Waals surface area (Å²) in [6, 6.07) is 0.0495. The highest BCUT2D eigenvalue weighted by Gasteiger charge is 2.27. The Morgan fingerprint density at radius 2 is 2.12 bits per heavy atom. The van der Waals surface area contributed by atoms with Crippen molar-refractivity contribution < 1.29 is 0 Å². The average molecular weight is 239 g/mol. The third-order valence-corrected chi connectivity index (χ3v) is 4.30. The zero-order chi connectivity index (χ0) is 11.9. The van der Waals surface area contributed by atoms with E-state index in [0.717, 1.165) is 24.5 Å². The van der Waals surface area contributed by atoms with Gasteiger partial charge >= 0.3 is 0 Å². The molecule has 2 heterocycles. The van der Waals surface area contributed by atoms with Gasteiger partial charge in [0.25, 0.3) is 0 Å². The molecule has 3 nitrogen and oxygen atoms in total. The van der Waals surface area contributed by atoms with Crippen molar-refractivity contribution in [3.8, 4) is 0 Å². The standard InChI is InChI=1S/C12H21N3S/c1-12(2,3)10(13)11-14-8-5-6-15(4)7-9(8)16-11/h10H,5-7,13H2,1-4H3. The summed E-state index contributed by atoms with van der Waals surface area (Å²) in [6.45, 7) is 8.66. The molecule has 1 unspecified atom stereocenters. The van der Waals surface area contributed by atoms with E-state index >= 15 is 0 Å². The minimum absolute atomic E-state index is 0.0495. The number of nitrogens with two attached hydrogens (primary N) is 1. The first-order valence-electron chi connectivity index (χ1n) is 5.80. The molecule has 1 aliphatic heterocycles. The van der Waals surface area contributed by atoms with Gasteiger partial charge < -0.3 is 10.6 Å². The van der Waals surface area contributed by atoms with E-state index in [4.69, 9.17) is 10.7 Å². The van der Waals surface area contributed by atoms with Crippen LogP contribution in [0.4, 0.5) is 0 Å². The SMILES string of the molecule is CN1CCc2nc(C(N)C(C)(C)C)sc2C1. The number of aromatic nitrogens is 1. The molecule has 2 N–H and O–H groups in total. The number of likely N-dealkylation sites (N-methyl/N-ethyl adjacent to an activating group) is 1. The van der Waals surface area contributed by atoms with Crippen LogP contribution in [0.15, 0.2) is 0 Å². The normalized spacial score (nSPS) is 19.6. The van der Waals surface area contributed by atoms with Crippen molar-refractivity contribution in [1.82, 2.24) is 9.88 Å². The predicted molar refractivity (Wildman–Crippen MR) is 68.5 cm³/mol. The van der Waals surface area contributed by atoms with Crippen LogP contribution in [-0.2, 0) is 13.0 Å². The lowest BCUT2D eigenvalue weighted by atomic mass is 9.88. The van der Waals surface area contributed by atoms with E-state index in [9.17, 15) is 0 Å². The lowest BCUT2D eigenvalue weighted by Crippen LogP contribution is -2.26. The summed E-state index contributed by atoms with van der Waals surface area (Å²) in [5.41, 5.74) is 7.62. The second kappa shape index (κ2) is 4.09. The van der Waals surface area contributed by atoms with E-state index in [2.05, 4.69) is 32.7 Å². The van der Waals surface area contributed by atoms with Crippen molar-refractivity contribution in [3.05, 3.63) is 15.6 Å². The molecule has 0 saturated carbocycles. The van der Waals surface area contributed by atoms with E-state index in [1.54, 1.807) is 11.3 Å². The first-order valence-corrected chi connectivity index (χ1v) is 6.62. The molecule has 1 atom stereocenters. The Bertz CT molecular complexity index is 378. The van der Waals surface area contributed by atoms with E-state index < -0.39 is 0 Å². The second-order valence-electron chi connectivity index (χ2n) is 5.75. The van der Waals surface area contributed by atoms with Crippen LogP contribution in [0.2, 0.25) is 0 Å². The lowest BCUT2D eigenvalue weighted by Gasteiger charge is -2.24. The molecule has 4 heteroatoms. The predicted octanol–water partition coefficient (Wildman–Crippen LogP) is 2.18. The van der Waals surface area contributed by atoms with E-state index in [-0.39, 0.29) is 11.5 Å². The fourth-order valence-corrected chi connectivity index (χ4v) is 3.29. The van der Waals surface area contributed by atoms with Crippen LogP contribution in [0.3, 0.4) is 0 Å². The quantitative estimate of drug-likeness (QED) is 0.817. The van der Waals surface area contributed by atoms with Crippen molar-refractivity contribution >= 4 is 11.3 Å². The maximum absolute atomic E-state index is 6.25. The second-order valence-corrected chi connectivity index (χ2v) is 6.87. The summed E-state index contributed by atoms with van der Waals surface area (Å²) in [4.78, 5) is 8.46. The third-order valence-electron chi connectivity index (χ3n) is 3.14. The maximum Gasteiger partial charge on any atom is 0.110 e. The highest BCUT2D eigenvalue weighted by Crippen LogP contribution is 2.35. The average Bonchev–Trinajstić information content (AvgIpc) is 2.57. The molecule has 0 fully saturated rings. The lowest BCUT2D eigenvalue weighted by molar-refractivity contribution is 0.312. The van der Waals surface area contributed by atoms with Crippen LogP contribution in [0.25, 0.3) is 0 Å². The molecule has 1 aliphatic rings. The Balaban J connectivity index is 2.25. The highest BCUT2D eigenvalue weighted by molar-refractivity contribution is 7.11. The molecule has 0 aliphatic carbocycles. The zero-order valence-corrected chi connectivity index (χ0v) is 11.4. The minimum atomic E-state index is 0.0495. The van der Waals surface area contributed by atoms with Crippen LogP contribution in [-0.4, -0.2) is 23.5 Å². The van der Waals surface area contributed by atoms with Gasteiger partial charge in [0.15, 0.2) is 0 Å². The van der Waals surface area contributed by atoms with E-state index in [1.165, 1.54) is 10.6 Å². The van der Waals surface area contributed by atoms with Gasteiger partial charge in [0.05, 0.1) is 11.7 Å². The molecule has 16 heavy (non-hydrogen) atoms. The fraction of sp³-hybridized carbons (Fsp3) is 0.750.